The predicted octanol–water partition coefficient (Wildman–Crippen LogP) is 2.00. The smallest absolute Gasteiger partial charge is 0.252 e. The fourth-order valence-corrected chi connectivity index (χ4v) is 2.85. The van der Waals surface area contributed by atoms with Crippen LogP contribution in [0, 0.1) is 20.8 Å². The summed E-state index contributed by atoms with van der Waals surface area (Å²) < 4.78 is 3.66. The van der Waals surface area contributed by atoms with Crippen LogP contribution in [0.15, 0.2) is 18.3 Å². The lowest BCUT2D eigenvalue weighted by molar-refractivity contribution is 0.0953. The summed E-state index contributed by atoms with van der Waals surface area (Å²) in [6, 6.07) is 3.77. The second-order valence-electron chi connectivity index (χ2n) is 5.89. The van der Waals surface area contributed by atoms with Crippen molar-refractivity contribution in [3.8, 4) is 0 Å². The summed E-state index contributed by atoms with van der Waals surface area (Å²) in [5.41, 5.74) is 4.00. The van der Waals surface area contributed by atoms with Crippen LogP contribution < -0.4 is 5.32 Å². The number of nitrogens with zero attached hydrogens (tertiary/aromatic N) is 5. The summed E-state index contributed by atoms with van der Waals surface area (Å²) in [5.74, 6) is -0.104. The van der Waals surface area contributed by atoms with Crippen LogP contribution in [0.3, 0.4) is 0 Å². The Hall–Kier alpha value is -2.70. The van der Waals surface area contributed by atoms with E-state index in [1.807, 2.05) is 55.4 Å². The van der Waals surface area contributed by atoms with Gasteiger partial charge in [-0.05, 0) is 39.8 Å². The molecule has 3 rings (SSSR count). The Morgan fingerprint density at radius 3 is 2.67 bits per heavy atom. The zero-order valence-corrected chi connectivity index (χ0v) is 14.5. The van der Waals surface area contributed by atoms with Crippen LogP contribution in [0.25, 0.3) is 11.0 Å². The molecule has 0 unspecified atom stereocenters. The highest BCUT2D eigenvalue weighted by Gasteiger charge is 2.18. The molecule has 0 aliphatic heterocycles. The van der Waals surface area contributed by atoms with Crippen molar-refractivity contribution < 1.29 is 4.79 Å². The third kappa shape index (κ3) is 3.02. The summed E-state index contributed by atoms with van der Waals surface area (Å²) in [7, 11) is 0. The van der Waals surface area contributed by atoms with Crippen LogP contribution >= 0.6 is 0 Å². The largest absolute Gasteiger partial charge is 0.350 e. The highest BCUT2D eigenvalue weighted by atomic mass is 16.1. The number of hydrogen-bond donors (Lipinski definition) is 1. The van der Waals surface area contributed by atoms with Gasteiger partial charge in [0.25, 0.3) is 5.91 Å². The van der Waals surface area contributed by atoms with Gasteiger partial charge in [-0.15, -0.1) is 0 Å². The van der Waals surface area contributed by atoms with Crippen molar-refractivity contribution in [1.29, 1.82) is 0 Å². The molecule has 0 saturated carbocycles. The fourth-order valence-electron chi connectivity index (χ4n) is 2.85. The number of aromatic nitrogens is 5. The molecule has 0 aliphatic rings. The molecule has 0 bridgehead atoms. The molecule has 0 fully saturated rings. The van der Waals surface area contributed by atoms with Gasteiger partial charge in [0.05, 0.1) is 28.9 Å². The van der Waals surface area contributed by atoms with Crippen molar-refractivity contribution in [2.45, 2.75) is 40.8 Å². The van der Waals surface area contributed by atoms with E-state index in [-0.39, 0.29) is 5.91 Å². The standard InChI is InChI=1S/C17H22N6O/c1-5-23-16-15(13(4)21-23)14(10-12(3)19-16)17(24)18-7-9-22-8-6-11(2)20-22/h6,8,10H,5,7,9H2,1-4H3,(H,18,24). The van der Waals surface area contributed by atoms with Crippen LogP contribution in [0.5, 0.6) is 0 Å². The molecule has 0 spiro atoms. The Morgan fingerprint density at radius 2 is 2.00 bits per heavy atom. The molecule has 126 valence electrons. The van der Waals surface area contributed by atoms with E-state index in [1.165, 1.54) is 0 Å². The van der Waals surface area contributed by atoms with Crippen molar-refractivity contribution in [1.82, 2.24) is 29.9 Å². The molecule has 1 amide bonds. The normalized spacial score (nSPS) is 11.2. The van der Waals surface area contributed by atoms with Crippen molar-refractivity contribution in [2.75, 3.05) is 6.54 Å². The molecule has 7 heteroatoms. The fraction of sp³-hybridized carbons (Fsp3) is 0.412. The SMILES string of the molecule is CCn1nc(C)c2c(C(=O)NCCn3ccc(C)n3)cc(C)nc21. The number of carbonyl (C=O) groups is 1. The van der Waals surface area contributed by atoms with Gasteiger partial charge in [0.15, 0.2) is 5.65 Å². The molecule has 0 atom stereocenters. The first-order valence-corrected chi connectivity index (χ1v) is 8.12. The van der Waals surface area contributed by atoms with Crippen molar-refractivity contribution in [2.24, 2.45) is 0 Å². The molecule has 3 aromatic rings. The molecule has 24 heavy (non-hydrogen) atoms. The number of pyridine rings is 1. The van der Waals surface area contributed by atoms with Gasteiger partial charge in [0.2, 0.25) is 0 Å². The summed E-state index contributed by atoms with van der Waals surface area (Å²) in [6.07, 6.45) is 1.91. The minimum atomic E-state index is -0.104. The van der Waals surface area contributed by atoms with Crippen LogP contribution in [0.1, 0.15) is 34.4 Å². The van der Waals surface area contributed by atoms with Gasteiger partial charge in [0, 0.05) is 25.0 Å². The third-order valence-corrected chi connectivity index (χ3v) is 3.95. The molecular formula is C17H22N6O. The highest BCUT2D eigenvalue weighted by Crippen LogP contribution is 2.22. The van der Waals surface area contributed by atoms with E-state index in [4.69, 9.17) is 0 Å². The van der Waals surface area contributed by atoms with Gasteiger partial charge >= 0.3 is 0 Å². The maximum atomic E-state index is 12.7. The van der Waals surface area contributed by atoms with Crippen molar-refractivity contribution in [3.63, 3.8) is 0 Å². The van der Waals surface area contributed by atoms with E-state index in [2.05, 4.69) is 20.5 Å². The molecule has 0 aliphatic carbocycles. The topological polar surface area (TPSA) is 77.6 Å². The minimum absolute atomic E-state index is 0.104. The molecule has 0 aromatic carbocycles. The average Bonchev–Trinajstić information content (AvgIpc) is 3.10. The summed E-state index contributed by atoms with van der Waals surface area (Å²) in [5, 5.41) is 12.6. The van der Waals surface area contributed by atoms with Gasteiger partial charge in [-0.2, -0.15) is 10.2 Å². The first-order valence-electron chi connectivity index (χ1n) is 8.12. The van der Waals surface area contributed by atoms with E-state index in [0.29, 0.717) is 18.7 Å². The number of rotatable bonds is 5. The second-order valence-corrected chi connectivity index (χ2v) is 5.89. The number of amides is 1. The minimum Gasteiger partial charge on any atom is -0.350 e. The van der Waals surface area contributed by atoms with E-state index in [0.717, 1.165) is 34.7 Å². The monoisotopic (exact) mass is 326 g/mol. The first kappa shape index (κ1) is 16.2. The lowest BCUT2D eigenvalue weighted by Gasteiger charge is -2.08. The predicted molar refractivity (Wildman–Crippen MR) is 92.0 cm³/mol. The van der Waals surface area contributed by atoms with Crippen molar-refractivity contribution >= 4 is 16.9 Å². The molecular weight excluding hydrogens is 304 g/mol. The van der Waals surface area contributed by atoms with Crippen LogP contribution in [0.2, 0.25) is 0 Å². The Kier molecular flexibility index (Phi) is 4.33. The summed E-state index contributed by atoms with van der Waals surface area (Å²) in [6.45, 7) is 9.64. The van der Waals surface area contributed by atoms with Gasteiger partial charge in [-0.3, -0.25) is 9.48 Å². The molecule has 0 saturated heterocycles. The van der Waals surface area contributed by atoms with Gasteiger partial charge in [-0.25, -0.2) is 9.67 Å². The maximum Gasteiger partial charge on any atom is 0.252 e. The molecule has 3 aromatic heterocycles. The maximum absolute atomic E-state index is 12.7. The Bertz CT molecular complexity index is 892. The summed E-state index contributed by atoms with van der Waals surface area (Å²) >= 11 is 0. The van der Waals surface area contributed by atoms with E-state index < -0.39 is 0 Å². The lowest BCUT2D eigenvalue weighted by atomic mass is 10.1. The molecule has 0 radical (unpaired) electrons. The Labute approximate surface area is 140 Å². The third-order valence-electron chi connectivity index (χ3n) is 3.95. The lowest BCUT2D eigenvalue weighted by Crippen LogP contribution is -2.27. The Morgan fingerprint density at radius 1 is 1.21 bits per heavy atom. The second kappa shape index (κ2) is 6.43. The quantitative estimate of drug-likeness (QED) is 0.778. The molecule has 3 heterocycles. The zero-order valence-electron chi connectivity index (χ0n) is 14.5. The van der Waals surface area contributed by atoms with Crippen LogP contribution in [-0.4, -0.2) is 37.0 Å². The van der Waals surface area contributed by atoms with E-state index in [9.17, 15) is 4.79 Å². The van der Waals surface area contributed by atoms with E-state index >= 15 is 0 Å². The first-order chi connectivity index (χ1) is 11.5. The number of aryl methyl sites for hydroxylation is 4. The van der Waals surface area contributed by atoms with Gasteiger partial charge < -0.3 is 5.32 Å². The molecule has 1 N–H and O–H groups in total. The number of fused-ring (bicyclic) bond motifs is 1. The number of nitrogens with one attached hydrogen (secondary N) is 1. The average molecular weight is 326 g/mol. The Balaban J connectivity index is 1.82. The van der Waals surface area contributed by atoms with Crippen LogP contribution in [0.4, 0.5) is 0 Å². The zero-order chi connectivity index (χ0) is 17.3. The molecule has 7 nitrogen and oxygen atoms in total. The van der Waals surface area contributed by atoms with Gasteiger partial charge in [0.1, 0.15) is 0 Å². The van der Waals surface area contributed by atoms with Crippen LogP contribution in [-0.2, 0) is 13.1 Å². The van der Waals surface area contributed by atoms with Gasteiger partial charge in [-0.1, -0.05) is 0 Å². The number of carbonyl (C=O) groups excluding carboxylic acids is 1. The van der Waals surface area contributed by atoms with E-state index in [1.54, 1.807) is 0 Å². The summed E-state index contributed by atoms with van der Waals surface area (Å²) in [4.78, 5) is 17.2. The van der Waals surface area contributed by atoms with Crippen molar-refractivity contribution in [3.05, 3.63) is 41.0 Å². The number of hydrogen-bond acceptors (Lipinski definition) is 4. The highest BCUT2D eigenvalue weighted by molar-refractivity contribution is 6.06.